The molecule has 5 atom stereocenters. The molecule has 2 aliphatic rings. The van der Waals surface area contributed by atoms with E-state index >= 15 is 0 Å². The molecule has 4 N–H and O–H groups in total. The molecule has 36 heavy (non-hydrogen) atoms. The fourth-order valence-corrected chi connectivity index (χ4v) is 5.17. The van der Waals surface area contributed by atoms with E-state index < -0.39 is 37.3 Å². The topological polar surface area (TPSA) is 148 Å². The predicted molar refractivity (Wildman–Crippen MR) is 128 cm³/mol. The summed E-state index contributed by atoms with van der Waals surface area (Å²) in [4.78, 5) is 12.1. The van der Waals surface area contributed by atoms with Gasteiger partial charge in [0.05, 0.1) is 26.6 Å². The zero-order valence-electron chi connectivity index (χ0n) is 20.7. The lowest BCUT2D eigenvalue weighted by Gasteiger charge is -2.39. The van der Waals surface area contributed by atoms with Crippen LogP contribution in [0, 0.1) is 0 Å². The van der Waals surface area contributed by atoms with Gasteiger partial charge in [-0.15, -0.1) is 0 Å². The summed E-state index contributed by atoms with van der Waals surface area (Å²) in [5.74, 6) is 0.448. The molecular weight excluding hydrogens is 472 g/mol. The number of furan rings is 1. The second kappa shape index (κ2) is 11.8. The summed E-state index contributed by atoms with van der Waals surface area (Å²) in [5, 5.41) is 41.3. The van der Waals surface area contributed by atoms with Gasteiger partial charge in [0, 0.05) is 17.4 Å². The molecule has 1 saturated carbocycles. The fourth-order valence-electron chi connectivity index (χ4n) is 5.17. The van der Waals surface area contributed by atoms with Crippen molar-refractivity contribution >= 4 is 16.9 Å². The number of hydrogen-bond donors (Lipinski definition) is 4. The Labute approximate surface area is 209 Å². The summed E-state index contributed by atoms with van der Waals surface area (Å²) in [5.41, 5.74) is 2.17. The summed E-state index contributed by atoms with van der Waals surface area (Å²) in [6.45, 7) is 1.42. The van der Waals surface area contributed by atoms with E-state index in [0.29, 0.717) is 17.1 Å². The second-order valence-corrected chi connectivity index (χ2v) is 9.42. The van der Waals surface area contributed by atoms with Crippen LogP contribution < -0.4 is 9.47 Å². The van der Waals surface area contributed by atoms with E-state index in [0.717, 1.165) is 36.6 Å². The Hall–Kier alpha value is -2.37. The van der Waals surface area contributed by atoms with E-state index in [1.807, 2.05) is 6.07 Å². The number of esters is 1. The average Bonchev–Trinajstić information content (AvgIpc) is 3.31. The lowest BCUT2D eigenvalue weighted by Crippen LogP contribution is -2.60. The Bertz CT molecular complexity index is 1030. The second-order valence-electron chi connectivity index (χ2n) is 9.42. The summed E-state index contributed by atoms with van der Waals surface area (Å²) < 4.78 is 28.3. The van der Waals surface area contributed by atoms with Crippen molar-refractivity contribution in [1.29, 1.82) is 0 Å². The number of carbonyl (C=O) groups is 1. The van der Waals surface area contributed by atoms with Crippen LogP contribution in [0.2, 0.25) is 0 Å². The molecule has 1 saturated heterocycles. The van der Waals surface area contributed by atoms with Crippen LogP contribution in [0.5, 0.6) is 11.5 Å². The normalized spacial score (nSPS) is 27.2. The quantitative estimate of drug-likeness (QED) is 0.371. The molecule has 1 aliphatic heterocycles. The van der Waals surface area contributed by atoms with Crippen molar-refractivity contribution in [3.63, 3.8) is 0 Å². The minimum Gasteiger partial charge on any atom is -0.490 e. The number of aryl methyl sites for hydroxylation is 1. The zero-order valence-corrected chi connectivity index (χ0v) is 20.7. The smallest absolute Gasteiger partial charge is 0.306 e. The molecule has 1 aromatic heterocycles. The predicted octanol–water partition coefficient (Wildman–Crippen LogP) is 2.16. The van der Waals surface area contributed by atoms with Crippen molar-refractivity contribution in [3.8, 4) is 11.5 Å². The molecule has 4 rings (SSSR count). The Morgan fingerprint density at radius 2 is 1.83 bits per heavy atom. The molecule has 10 heteroatoms. The van der Waals surface area contributed by atoms with Crippen LogP contribution in [0.4, 0.5) is 0 Å². The Kier molecular flexibility index (Phi) is 8.74. The Morgan fingerprint density at radius 1 is 1.08 bits per heavy atom. The van der Waals surface area contributed by atoms with Gasteiger partial charge in [0.1, 0.15) is 24.4 Å². The molecule has 200 valence electrons. The molecule has 2 fully saturated rings. The van der Waals surface area contributed by atoms with E-state index in [2.05, 4.69) is 0 Å². The van der Waals surface area contributed by atoms with Crippen LogP contribution in [0.25, 0.3) is 11.0 Å². The van der Waals surface area contributed by atoms with Gasteiger partial charge >= 0.3 is 5.97 Å². The first-order valence-electron chi connectivity index (χ1n) is 12.6. The summed E-state index contributed by atoms with van der Waals surface area (Å²) >= 11 is 0. The summed E-state index contributed by atoms with van der Waals surface area (Å²) in [6.07, 6.45) is 0.497. The molecule has 0 bridgehead atoms. The molecule has 2 heterocycles. The van der Waals surface area contributed by atoms with E-state index in [4.69, 9.17) is 23.4 Å². The van der Waals surface area contributed by atoms with Crippen molar-refractivity contribution in [2.24, 2.45) is 0 Å². The van der Waals surface area contributed by atoms with Crippen LogP contribution >= 0.6 is 0 Å². The third-order valence-electron chi connectivity index (χ3n) is 7.12. The fraction of sp³-hybridized carbons (Fsp3) is 0.654. The van der Waals surface area contributed by atoms with E-state index in [9.17, 15) is 25.2 Å². The molecule has 0 spiro atoms. The van der Waals surface area contributed by atoms with Gasteiger partial charge in [-0.2, -0.15) is 0 Å². The van der Waals surface area contributed by atoms with Crippen molar-refractivity contribution in [1.82, 2.24) is 0 Å². The number of fused-ring (bicyclic) bond motifs is 1. The van der Waals surface area contributed by atoms with Gasteiger partial charge in [0.25, 0.3) is 0 Å². The van der Waals surface area contributed by atoms with Crippen LogP contribution in [0.15, 0.2) is 16.7 Å². The first-order chi connectivity index (χ1) is 17.4. The minimum atomic E-state index is -1.60. The molecule has 10 nitrogen and oxygen atoms in total. The van der Waals surface area contributed by atoms with Crippen molar-refractivity contribution < 1.29 is 48.6 Å². The highest BCUT2D eigenvalue weighted by Crippen LogP contribution is 2.46. The highest BCUT2D eigenvalue weighted by Gasteiger charge is 2.45. The van der Waals surface area contributed by atoms with Gasteiger partial charge in [0.2, 0.25) is 12.0 Å². The Balaban J connectivity index is 1.74. The first kappa shape index (κ1) is 26.7. The largest absolute Gasteiger partial charge is 0.490 e. The van der Waals surface area contributed by atoms with Gasteiger partial charge in [-0.25, -0.2) is 0 Å². The number of hydrogen-bond acceptors (Lipinski definition) is 10. The highest BCUT2D eigenvalue weighted by atomic mass is 16.7. The van der Waals surface area contributed by atoms with Crippen LogP contribution in [-0.2, 0) is 20.7 Å². The summed E-state index contributed by atoms with van der Waals surface area (Å²) in [7, 11) is 1.47. The SMILES string of the molecule is CCOC(=O)CCc1cc2c(C3CCCCC3)coc2c(OC)c1O[C@@H]1O[C@H](CO)[C@@H](O)[C@H](O)[C@H]1O. The van der Waals surface area contributed by atoms with Crippen LogP contribution in [0.1, 0.15) is 62.5 Å². The molecule has 0 unspecified atom stereocenters. The molecular formula is C26H36O10. The van der Waals surface area contributed by atoms with Crippen LogP contribution in [-0.4, -0.2) is 77.4 Å². The van der Waals surface area contributed by atoms with E-state index in [-0.39, 0.29) is 36.9 Å². The molecule has 0 radical (unpaired) electrons. The van der Waals surface area contributed by atoms with Crippen LogP contribution in [0.3, 0.4) is 0 Å². The average molecular weight is 509 g/mol. The summed E-state index contributed by atoms with van der Waals surface area (Å²) in [6, 6.07) is 1.91. The van der Waals surface area contributed by atoms with Gasteiger partial charge in [-0.1, -0.05) is 19.3 Å². The molecule has 1 aromatic carbocycles. The van der Waals surface area contributed by atoms with Gasteiger partial charge in [0.15, 0.2) is 11.3 Å². The molecule has 0 amide bonds. The van der Waals surface area contributed by atoms with Crippen molar-refractivity contribution in [3.05, 3.63) is 23.5 Å². The maximum Gasteiger partial charge on any atom is 0.306 e. The number of aliphatic hydroxyl groups excluding tert-OH is 4. The number of ether oxygens (including phenoxy) is 4. The lowest BCUT2D eigenvalue weighted by molar-refractivity contribution is -0.277. The first-order valence-corrected chi connectivity index (χ1v) is 12.6. The monoisotopic (exact) mass is 508 g/mol. The maximum absolute atomic E-state index is 12.1. The molecule has 1 aliphatic carbocycles. The minimum absolute atomic E-state index is 0.0875. The highest BCUT2D eigenvalue weighted by molar-refractivity contribution is 5.90. The molecule has 2 aromatic rings. The number of methoxy groups -OCH3 is 1. The van der Waals surface area contributed by atoms with Crippen molar-refractivity contribution in [2.45, 2.75) is 88.5 Å². The third-order valence-corrected chi connectivity index (χ3v) is 7.12. The Morgan fingerprint density at radius 3 is 2.50 bits per heavy atom. The van der Waals surface area contributed by atoms with E-state index in [1.165, 1.54) is 13.5 Å². The zero-order chi connectivity index (χ0) is 25.8. The number of aliphatic hydroxyl groups is 4. The number of rotatable bonds is 9. The van der Waals surface area contributed by atoms with Crippen molar-refractivity contribution in [2.75, 3.05) is 20.3 Å². The van der Waals surface area contributed by atoms with Gasteiger partial charge < -0.3 is 43.8 Å². The van der Waals surface area contributed by atoms with Gasteiger partial charge in [-0.3, -0.25) is 4.79 Å². The third kappa shape index (κ3) is 5.33. The number of carbonyl (C=O) groups excluding carboxylic acids is 1. The van der Waals surface area contributed by atoms with E-state index in [1.54, 1.807) is 13.2 Å². The maximum atomic E-state index is 12.1. The van der Waals surface area contributed by atoms with Gasteiger partial charge in [-0.05, 0) is 43.7 Å². The standard InChI is InChI=1S/C26H36O10/c1-3-33-19(28)10-9-15-11-16-17(14-7-5-4-6-8-14)13-34-24(16)25(32-2)23(15)36-26-22(31)21(30)20(29)18(12-27)35-26/h11,13-14,18,20-22,26-27,29-31H,3-10,12H2,1-2H3/t18-,20-,21+,22-,26+/m1/s1. The number of benzene rings is 1. The lowest BCUT2D eigenvalue weighted by atomic mass is 9.83.